The van der Waals surface area contributed by atoms with Gasteiger partial charge in [-0.3, -0.25) is 0 Å². The topological polar surface area (TPSA) is 17.1 Å². The van der Waals surface area contributed by atoms with Crippen LogP contribution in [0.1, 0.15) is 0 Å². The van der Waals surface area contributed by atoms with Crippen LogP contribution in [-0.2, 0) is 36.3 Å². The Morgan fingerprint density at radius 3 is 1.25 bits per heavy atom. The van der Waals surface area contributed by atoms with Crippen LogP contribution in [-0.4, -0.2) is 23.1 Å². The molecule has 0 aromatic rings. The molecule has 0 aromatic carbocycles. The van der Waals surface area contributed by atoms with E-state index in [4.69, 9.17) is 3.83 Å². The van der Waals surface area contributed by atoms with E-state index in [1.807, 2.05) is 0 Å². The molecule has 27 valence electrons. The quantitative estimate of drug-likeness (QED) is 0.409. The van der Waals surface area contributed by atoms with Crippen LogP contribution in [0.4, 0.5) is 0 Å². The van der Waals surface area contributed by atoms with Crippen LogP contribution in [0.2, 0.25) is 0 Å². The van der Waals surface area contributed by atoms with E-state index < -0.39 is 0 Å². The molecule has 0 saturated carbocycles. The maximum atomic E-state index is 8.06. The van der Waals surface area contributed by atoms with Crippen molar-refractivity contribution in [2.45, 2.75) is 0 Å². The van der Waals surface area contributed by atoms with Gasteiger partial charge in [-0.25, -0.2) is 0 Å². The fourth-order valence-corrected chi connectivity index (χ4v) is 0. The van der Waals surface area contributed by atoms with Gasteiger partial charge >= 0.3 is 42.8 Å². The van der Waals surface area contributed by atoms with Crippen LogP contribution < -0.4 is 0 Å². The Hall–Kier alpha value is 1.58. The third-order valence-electron chi connectivity index (χ3n) is 0. The van der Waals surface area contributed by atoms with Crippen molar-refractivity contribution in [3.8, 4) is 0 Å². The molecule has 0 bridgehead atoms. The average molecular weight is 156 g/mol. The molecule has 0 aliphatic heterocycles. The molecule has 0 heterocycles. The van der Waals surface area contributed by atoms with Gasteiger partial charge in [-0.05, 0) is 0 Å². The molecule has 0 fully saturated rings. The second-order valence-electron chi connectivity index (χ2n) is 0. The van der Waals surface area contributed by atoms with E-state index in [2.05, 4.69) is 0 Å². The SMILES string of the molecule is [MgH2].[Ni].[O]=[Mn]. The Labute approximate surface area is 59.0 Å². The minimum atomic E-state index is 0. The zero-order valence-corrected chi connectivity index (χ0v) is 3.27. The molecule has 0 unspecified atom stereocenters. The number of rotatable bonds is 0. The molecule has 0 N–H and O–H groups in total. The summed E-state index contributed by atoms with van der Waals surface area (Å²) in [6, 6.07) is 0. The average Bonchev–Trinajstić information content (AvgIpc) is 1.00. The first-order valence-corrected chi connectivity index (χ1v) is 0.636. The predicted molar refractivity (Wildman–Crippen MR) is 9.23 cm³/mol. The van der Waals surface area contributed by atoms with Gasteiger partial charge in [0.15, 0.2) is 0 Å². The van der Waals surface area contributed by atoms with Gasteiger partial charge in [-0.15, -0.1) is 0 Å². The first-order valence-electron chi connectivity index (χ1n) is 0.154. The standard InChI is InChI=1S/Mg.Mn.Ni.O.2H. The Kier molecular flexibility index (Phi) is 103. The molecule has 0 spiro atoms. The van der Waals surface area contributed by atoms with Crippen LogP contribution in [0.5, 0.6) is 0 Å². The van der Waals surface area contributed by atoms with Gasteiger partial charge in [0.1, 0.15) is 0 Å². The molecule has 0 aliphatic carbocycles. The monoisotopic (exact) mass is 155 g/mol. The Morgan fingerprint density at radius 1 is 1.25 bits per heavy atom. The fourth-order valence-electron chi connectivity index (χ4n) is 0. The van der Waals surface area contributed by atoms with Crippen LogP contribution in [0, 0.1) is 0 Å². The number of hydrogen-bond acceptors (Lipinski definition) is 1. The molecular formula is H2MgMnNiO. The van der Waals surface area contributed by atoms with Gasteiger partial charge in [0, 0.05) is 16.5 Å². The summed E-state index contributed by atoms with van der Waals surface area (Å²) in [5.74, 6) is 0. The van der Waals surface area contributed by atoms with Crippen molar-refractivity contribution in [3.63, 3.8) is 0 Å². The summed E-state index contributed by atoms with van der Waals surface area (Å²) in [7, 11) is 0. The zero-order valence-electron chi connectivity index (χ0n) is 1.10. The van der Waals surface area contributed by atoms with Crippen LogP contribution in [0.3, 0.4) is 0 Å². The summed E-state index contributed by atoms with van der Waals surface area (Å²) in [6.07, 6.45) is 0. The first-order chi connectivity index (χ1) is 1.00. The Bertz CT molecular complexity index is 8.00. The zero-order chi connectivity index (χ0) is 2.00. The van der Waals surface area contributed by atoms with E-state index in [1.54, 1.807) is 15.9 Å². The molecule has 0 aliphatic rings. The summed E-state index contributed by atoms with van der Waals surface area (Å²) >= 11 is 1.69. The van der Waals surface area contributed by atoms with E-state index in [-0.39, 0.29) is 39.5 Å². The van der Waals surface area contributed by atoms with E-state index in [0.717, 1.165) is 0 Å². The van der Waals surface area contributed by atoms with Gasteiger partial charge in [0.05, 0.1) is 0 Å². The molecule has 1 nitrogen and oxygen atoms in total. The molecule has 0 radical (unpaired) electrons. The normalized spacial score (nSPS) is 1.00. The third-order valence-corrected chi connectivity index (χ3v) is 0. The molecule has 0 aromatic heterocycles. The van der Waals surface area contributed by atoms with Gasteiger partial charge in [-0.2, -0.15) is 0 Å². The van der Waals surface area contributed by atoms with Gasteiger partial charge in [-0.1, -0.05) is 0 Å². The van der Waals surface area contributed by atoms with Crippen LogP contribution in [0.15, 0.2) is 0 Å². The molecule has 0 amide bonds. The van der Waals surface area contributed by atoms with E-state index in [9.17, 15) is 0 Å². The molecule has 0 rings (SSSR count). The van der Waals surface area contributed by atoms with Gasteiger partial charge in [0.2, 0.25) is 0 Å². The molecular weight excluding hydrogens is 154 g/mol. The predicted octanol–water partition coefficient (Wildman–Crippen LogP) is -1.04. The second-order valence-corrected chi connectivity index (χ2v) is 0. The summed E-state index contributed by atoms with van der Waals surface area (Å²) in [6.45, 7) is 0. The fraction of sp³-hybridized carbons (Fsp3) is 0. The first kappa shape index (κ1) is 17.6. The summed E-state index contributed by atoms with van der Waals surface area (Å²) in [4.78, 5) is 0. The van der Waals surface area contributed by atoms with Crippen molar-refractivity contribution in [2.24, 2.45) is 0 Å². The van der Waals surface area contributed by atoms with Gasteiger partial charge in [0.25, 0.3) is 0 Å². The maximum absolute atomic E-state index is 8.06. The van der Waals surface area contributed by atoms with E-state index in [1.165, 1.54) is 0 Å². The second kappa shape index (κ2) is 23.5. The van der Waals surface area contributed by atoms with Crippen LogP contribution >= 0.6 is 0 Å². The van der Waals surface area contributed by atoms with Crippen molar-refractivity contribution in [3.05, 3.63) is 0 Å². The summed E-state index contributed by atoms with van der Waals surface area (Å²) < 4.78 is 8.06. The third kappa shape index (κ3) is 9.55. The van der Waals surface area contributed by atoms with Crippen molar-refractivity contribution >= 4 is 23.1 Å². The van der Waals surface area contributed by atoms with Crippen LogP contribution in [0.25, 0.3) is 0 Å². The number of hydrogen-bond donors (Lipinski definition) is 0. The molecule has 4 heteroatoms. The van der Waals surface area contributed by atoms with Crippen molar-refractivity contribution < 1.29 is 36.3 Å². The minimum absolute atomic E-state index is 0. The Morgan fingerprint density at radius 2 is 1.25 bits per heavy atom. The summed E-state index contributed by atoms with van der Waals surface area (Å²) in [5.41, 5.74) is 0. The van der Waals surface area contributed by atoms with Gasteiger partial charge < -0.3 is 0 Å². The van der Waals surface area contributed by atoms with E-state index in [0.29, 0.717) is 0 Å². The van der Waals surface area contributed by atoms with Crippen molar-refractivity contribution in [2.75, 3.05) is 0 Å². The van der Waals surface area contributed by atoms with E-state index >= 15 is 0 Å². The van der Waals surface area contributed by atoms with Crippen molar-refractivity contribution in [1.82, 2.24) is 0 Å². The summed E-state index contributed by atoms with van der Waals surface area (Å²) in [5, 5.41) is 0. The molecule has 0 saturated heterocycles. The molecule has 4 heavy (non-hydrogen) atoms. The van der Waals surface area contributed by atoms with Crippen molar-refractivity contribution in [1.29, 1.82) is 0 Å². The molecule has 0 atom stereocenters. The Balaban J connectivity index is -0.00000000500.